The van der Waals surface area contributed by atoms with Gasteiger partial charge in [0.15, 0.2) is 0 Å². The van der Waals surface area contributed by atoms with E-state index in [4.69, 9.17) is 0 Å². The van der Waals surface area contributed by atoms with E-state index in [0.717, 1.165) is 58.0 Å². The van der Waals surface area contributed by atoms with Crippen LogP contribution in [0.4, 0.5) is 0 Å². The fourth-order valence-corrected chi connectivity index (χ4v) is 4.42. The topological polar surface area (TPSA) is 52.7 Å². The van der Waals surface area contributed by atoms with E-state index in [9.17, 15) is 8.42 Å². The molecule has 0 aromatic heterocycles. The number of piperidine rings is 1. The van der Waals surface area contributed by atoms with E-state index in [-0.39, 0.29) is 5.75 Å². The fourth-order valence-electron chi connectivity index (χ4n) is 2.90. The Morgan fingerprint density at radius 2 is 1.74 bits per heavy atom. The number of hydrogen-bond acceptors (Lipinski definition) is 4. The van der Waals surface area contributed by atoms with Crippen LogP contribution in [0.3, 0.4) is 0 Å². The molecule has 0 spiro atoms. The molecule has 2 aliphatic rings. The maximum absolute atomic E-state index is 12.3. The van der Waals surface area contributed by atoms with Crippen LogP contribution in [0.2, 0.25) is 0 Å². The quantitative estimate of drug-likeness (QED) is 0.793. The Hall–Kier alpha value is -0.170. The molecule has 0 bridgehead atoms. The fraction of sp³-hybridized carbons (Fsp3) is 1.00. The van der Waals surface area contributed by atoms with Crippen molar-refractivity contribution in [1.29, 1.82) is 0 Å². The molecule has 0 unspecified atom stereocenters. The van der Waals surface area contributed by atoms with Crippen LogP contribution in [0.5, 0.6) is 0 Å². The number of nitrogens with zero attached hydrogens (tertiary/aromatic N) is 2. The Bertz CT molecular complexity index is 358. The molecular weight excluding hydrogens is 262 g/mol. The largest absolute Gasteiger partial charge is 0.314 e. The monoisotopic (exact) mass is 289 g/mol. The highest BCUT2D eigenvalue weighted by molar-refractivity contribution is 7.89. The normalized spacial score (nSPS) is 24.7. The van der Waals surface area contributed by atoms with Crippen molar-refractivity contribution in [3.63, 3.8) is 0 Å². The molecule has 19 heavy (non-hydrogen) atoms. The SMILES string of the molecule is CCC1CCN(S(=O)(=O)CCN2CCNCC2)CC1. The summed E-state index contributed by atoms with van der Waals surface area (Å²) in [7, 11) is -3.04. The van der Waals surface area contributed by atoms with E-state index >= 15 is 0 Å². The number of piperazine rings is 1. The minimum Gasteiger partial charge on any atom is -0.314 e. The number of rotatable bonds is 5. The first-order chi connectivity index (χ1) is 9.12. The van der Waals surface area contributed by atoms with Crippen molar-refractivity contribution in [3.05, 3.63) is 0 Å². The van der Waals surface area contributed by atoms with Gasteiger partial charge >= 0.3 is 0 Å². The minimum atomic E-state index is -3.04. The van der Waals surface area contributed by atoms with Gasteiger partial charge in [0, 0.05) is 45.8 Å². The van der Waals surface area contributed by atoms with Crippen molar-refractivity contribution in [3.8, 4) is 0 Å². The van der Waals surface area contributed by atoms with Crippen molar-refractivity contribution < 1.29 is 8.42 Å². The summed E-state index contributed by atoms with van der Waals surface area (Å²) in [6, 6.07) is 0. The zero-order valence-electron chi connectivity index (χ0n) is 12.0. The Balaban J connectivity index is 1.78. The van der Waals surface area contributed by atoms with E-state index in [0.29, 0.717) is 6.54 Å². The van der Waals surface area contributed by atoms with Crippen LogP contribution in [0.1, 0.15) is 26.2 Å². The molecule has 0 aliphatic carbocycles. The van der Waals surface area contributed by atoms with Gasteiger partial charge < -0.3 is 5.32 Å². The van der Waals surface area contributed by atoms with Crippen LogP contribution < -0.4 is 5.32 Å². The van der Waals surface area contributed by atoms with E-state index < -0.39 is 10.0 Å². The van der Waals surface area contributed by atoms with Crippen LogP contribution in [0.15, 0.2) is 0 Å². The molecule has 112 valence electrons. The van der Waals surface area contributed by atoms with Crippen LogP contribution in [-0.4, -0.2) is 69.2 Å². The minimum absolute atomic E-state index is 0.282. The summed E-state index contributed by atoms with van der Waals surface area (Å²) < 4.78 is 26.3. The van der Waals surface area contributed by atoms with Crippen molar-refractivity contribution in [2.75, 3.05) is 51.6 Å². The maximum Gasteiger partial charge on any atom is 0.215 e. The molecule has 6 heteroatoms. The molecule has 0 amide bonds. The predicted molar refractivity (Wildman–Crippen MR) is 77.7 cm³/mol. The molecule has 1 N–H and O–H groups in total. The average molecular weight is 289 g/mol. The molecule has 2 saturated heterocycles. The van der Waals surface area contributed by atoms with Gasteiger partial charge in [-0.25, -0.2) is 12.7 Å². The summed E-state index contributed by atoms with van der Waals surface area (Å²) >= 11 is 0. The molecule has 0 radical (unpaired) electrons. The molecule has 0 atom stereocenters. The second-order valence-electron chi connectivity index (χ2n) is 5.66. The predicted octanol–water partition coefficient (Wildman–Crippen LogP) is 0.343. The van der Waals surface area contributed by atoms with E-state index in [2.05, 4.69) is 17.1 Å². The molecule has 5 nitrogen and oxygen atoms in total. The van der Waals surface area contributed by atoms with E-state index in [1.807, 2.05) is 0 Å². The van der Waals surface area contributed by atoms with Gasteiger partial charge in [-0.15, -0.1) is 0 Å². The third-order valence-corrected chi connectivity index (χ3v) is 6.27. The average Bonchev–Trinajstić information content (AvgIpc) is 2.46. The highest BCUT2D eigenvalue weighted by Gasteiger charge is 2.27. The molecule has 0 saturated carbocycles. The molecule has 2 heterocycles. The molecule has 0 aromatic carbocycles. The maximum atomic E-state index is 12.3. The van der Waals surface area contributed by atoms with Gasteiger partial charge in [-0.3, -0.25) is 4.90 Å². The Labute approximate surface area is 117 Å². The van der Waals surface area contributed by atoms with Gasteiger partial charge in [0.2, 0.25) is 10.0 Å². The Morgan fingerprint density at radius 3 is 2.32 bits per heavy atom. The lowest BCUT2D eigenvalue weighted by Gasteiger charge is -2.32. The van der Waals surface area contributed by atoms with Crippen LogP contribution in [0, 0.1) is 5.92 Å². The first-order valence-corrected chi connectivity index (χ1v) is 9.13. The zero-order chi connectivity index (χ0) is 13.7. The zero-order valence-corrected chi connectivity index (χ0v) is 12.8. The first-order valence-electron chi connectivity index (χ1n) is 7.52. The van der Waals surface area contributed by atoms with Crippen LogP contribution >= 0.6 is 0 Å². The second kappa shape index (κ2) is 7.02. The number of sulfonamides is 1. The van der Waals surface area contributed by atoms with Gasteiger partial charge in [-0.1, -0.05) is 13.3 Å². The van der Waals surface area contributed by atoms with Crippen molar-refractivity contribution in [1.82, 2.24) is 14.5 Å². The smallest absolute Gasteiger partial charge is 0.215 e. The molecule has 2 fully saturated rings. The van der Waals surface area contributed by atoms with Crippen molar-refractivity contribution >= 4 is 10.0 Å². The highest BCUT2D eigenvalue weighted by atomic mass is 32.2. The molecule has 2 rings (SSSR count). The Kier molecular flexibility index (Phi) is 5.62. The second-order valence-corrected chi connectivity index (χ2v) is 7.75. The van der Waals surface area contributed by atoms with Crippen molar-refractivity contribution in [2.45, 2.75) is 26.2 Å². The van der Waals surface area contributed by atoms with E-state index in [1.54, 1.807) is 4.31 Å². The molecule has 2 aliphatic heterocycles. The van der Waals surface area contributed by atoms with Crippen molar-refractivity contribution in [2.24, 2.45) is 5.92 Å². The third kappa shape index (κ3) is 4.41. The summed E-state index contributed by atoms with van der Waals surface area (Å²) in [4.78, 5) is 2.24. The van der Waals surface area contributed by atoms with Gasteiger partial charge in [0.25, 0.3) is 0 Å². The summed E-state index contributed by atoms with van der Waals surface area (Å²) in [5.41, 5.74) is 0. The van der Waals surface area contributed by atoms with Gasteiger partial charge in [-0.2, -0.15) is 0 Å². The summed E-state index contributed by atoms with van der Waals surface area (Å²) in [5, 5.41) is 3.28. The Morgan fingerprint density at radius 1 is 1.11 bits per heavy atom. The van der Waals surface area contributed by atoms with Crippen LogP contribution in [0.25, 0.3) is 0 Å². The molecular formula is C13H27N3O2S. The summed E-state index contributed by atoms with van der Waals surface area (Å²) in [5.74, 6) is 1.00. The van der Waals surface area contributed by atoms with Gasteiger partial charge in [-0.05, 0) is 18.8 Å². The first kappa shape index (κ1) is 15.2. The van der Waals surface area contributed by atoms with Gasteiger partial charge in [0.1, 0.15) is 0 Å². The lowest BCUT2D eigenvalue weighted by atomic mass is 9.96. The number of hydrogen-bond donors (Lipinski definition) is 1. The van der Waals surface area contributed by atoms with E-state index in [1.165, 1.54) is 6.42 Å². The third-order valence-electron chi connectivity index (χ3n) is 4.42. The highest BCUT2D eigenvalue weighted by Crippen LogP contribution is 2.22. The lowest BCUT2D eigenvalue weighted by Crippen LogP contribution is -2.47. The summed E-state index contributed by atoms with van der Waals surface area (Å²) in [6.07, 6.45) is 3.24. The number of nitrogens with one attached hydrogen (secondary N) is 1. The molecule has 0 aromatic rings. The lowest BCUT2D eigenvalue weighted by molar-refractivity contribution is 0.246. The summed E-state index contributed by atoms with van der Waals surface area (Å²) in [6.45, 7) is 8.20. The van der Waals surface area contributed by atoms with Crippen LogP contribution in [-0.2, 0) is 10.0 Å². The van der Waals surface area contributed by atoms with Gasteiger partial charge in [0.05, 0.1) is 5.75 Å². The standard InChI is InChI=1S/C13H27N3O2S/c1-2-13-3-7-16(8-4-13)19(17,18)12-11-15-9-5-14-6-10-15/h13-14H,2-12H2,1H3.